The summed E-state index contributed by atoms with van der Waals surface area (Å²) in [5.74, 6) is 0. The molecule has 4 nitrogen and oxygen atoms in total. The SMILES string of the molecule is CCO[C@H]1CCCC[C@H]1NC(=O)O. The normalized spacial score (nSPS) is 28.4. The highest BCUT2D eigenvalue weighted by Gasteiger charge is 2.26. The summed E-state index contributed by atoms with van der Waals surface area (Å²) in [6.07, 6.45) is 3.23. The molecular weight excluding hydrogens is 170 g/mol. The Kier molecular flexibility index (Phi) is 4.02. The van der Waals surface area contributed by atoms with E-state index in [1.54, 1.807) is 0 Å². The third-order valence-corrected chi connectivity index (χ3v) is 2.39. The first-order valence-corrected chi connectivity index (χ1v) is 4.85. The van der Waals surface area contributed by atoms with E-state index >= 15 is 0 Å². The molecule has 4 heteroatoms. The lowest BCUT2D eigenvalue weighted by atomic mass is 9.92. The molecule has 13 heavy (non-hydrogen) atoms. The Labute approximate surface area is 78.3 Å². The van der Waals surface area contributed by atoms with Crippen molar-refractivity contribution in [2.24, 2.45) is 0 Å². The van der Waals surface area contributed by atoms with Gasteiger partial charge in [-0.15, -0.1) is 0 Å². The Hall–Kier alpha value is -0.770. The summed E-state index contributed by atoms with van der Waals surface area (Å²) in [5, 5.41) is 11.1. The van der Waals surface area contributed by atoms with E-state index in [1.165, 1.54) is 0 Å². The van der Waals surface area contributed by atoms with E-state index in [0.29, 0.717) is 6.61 Å². The zero-order chi connectivity index (χ0) is 9.68. The van der Waals surface area contributed by atoms with Gasteiger partial charge < -0.3 is 15.2 Å². The molecular formula is C9H17NO3. The van der Waals surface area contributed by atoms with Gasteiger partial charge in [-0.3, -0.25) is 0 Å². The van der Waals surface area contributed by atoms with Crippen molar-refractivity contribution in [2.45, 2.75) is 44.8 Å². The number of hydrogen-bond acceptors (Lipinski definition) is 2. The standard InChI is InChI=1S/C9H17NO3/c1-2-13-8-6-4-3-5-7(8)10-9(11)12/h7-8,10H,2-6H2,1H3,(H,11,12)/t7-,8+/m1/s1. The minimum absolute atomic E-state index is 0.00815. The van der Waals surface area contributed by atoms with E-state index in [2.05, 4.69) is 5.32 Å². The molecule has 0 aromatic heterocycles. The minimum Gasteiger partial charge on any atom is -0.465 e. The third-order valence-electron chi connectivity index (χ3n) is 2.39. The maximum absolute atomic E-state index is 10.5. The highest BCUT2D eigenvalue weighted by Crippen LogP contribution is 2.21. The first-order valence-electron chi connectivity index (χ1n) is 4.85. The van der Waals surface area contributed by atoms with Crippen LogP contribution in [0.1, 0.15) is 32.6 Å². The smallest absolute Gasteiger partial charge is 0.404 e. The molecule has 1 fully saturated rings. The molecule has 0 aliphatic heterocycles. The quantitative estimate of drug-likeness (QED) is 0.705. The predicted molar refractivity (Wildman–Crippen MR) is 48.8 cm³/mol. The number of ether oxygens (including phenoxy) is 1. The number of rotatable bonds is 3. The van der Waals surface area contributed by atoms with Gasteiger partial charge in [0, 0.05) is 6.61 Å². The second-order valence-electron chi connectivity index (χ2n) is 3.33. The van der Waals surface area contributed by atoms with E-state index in [0.717, 1.165) is 25.7 Å². The largest absolute Gasteiger partial charge is 0.465 e. The summed E-state index contributed by atoms with van der Waals surface area (Å²) in [7, 11) is 0. The second-order valence-corrected chi connectivity index (χ2v) is 3.33. The van der Waals surface area contributed by atoms with Crippen LogP contribution < -0.4 is 5.32 Å². The molecule has 1 aliphatic carbocycles. The topological polar surface area (TPSA) is 58.6 Å². The van der Waals surface area contributed by atoms with Gasteiger partial charge in [0.25, 0.3) is 0 Å². The van der Waals surface area contributed by atoms with Crippen LogP contribution in [0.5, 0.6) is 0 Å². The fraction of sp³-hybridized carbons (Fsp3) is 0.889. The van der Waals surface area contributed by atoms with Crippen LogP contribution in [0.15, 0.2) is 0 Å². The van der Waals surface area contributed by atoms with Crippen LogP contribution in [0.4, 0.5) is 4.79 Å². The summed E-state index contributed by atoms with van der Waals surface area (Å²) in [6.45, 7) is 2.59. The lowest BCUT2D eigenvalue weighted by molar-refractivity contribution is 0.0132. The lowest BCUT2D eigenvalue weighted by Gasteiger charge is -2.30. The van der Waals surface area contributed by atoms with Crippen LogP contribution >= 0.6 is 0 Å². The summed E-state index contributed by atoms with van der Waals surface area (Å²) in [4.78, 5) is 10.5. The van der Waals surface area contributed by atoms with Crippen molar-refractivity contribution >= 4 is 6.09 Å². The molecule has 1 amide bonds. The summed E-state index contributed by atoms with van der Waals surface area (Å²) in [5.41, 5.74) is 0. The van der Waals surface area contributed by atoms with Crippen molar-refractivity contribution in [1.82, 2.24) is 5.32 Å². The van der Waals surface area contributed by atoms with Gasteiger partial charge in [-0.2, -0.15) is 0 Å². The Morgan fingerprint density at radius 2 is 2.23 bits per heavy atom. The second kappa shape index (κ2) is 5.07. The van der Waals surface area contributed by atoms with Crippen molar-refractivity contribution in [3.63, 3.8) is 0 Å². The molecule has 0 spiro atoms. The van der Waals surface area contributed by atoms with Gasteiger partial charge in [0.05, 0.1) is 12.1 Å². The van der Waals surface area contributed by atoms with Gasteiger partial charge in [0.15, 0.2) is 0 Å². The monoisotopic (exact) mass is 187 g/mol. The molecule has 0 unspecified atom stereocenters. The molecule has 76 valence electrons. The zero-order valence-electron chi connectivity index (χ0n) is 7.95. The lowest BCUT2D eigenvalue weighted by Crippen LogP contribution is -2.45. The average molecular weight is 187 g/mol. The first-order chi connectivity index (χ1) is 6.24. The van der Waals surface area contributed by atoms with E-state index < -0.39 is 6.09 Å². The van der Waals surface area contributed by atoms with E-state index in [1.807, 2.05) is 6.92 Å². The van der Waals surface area contributed by atoms with Crippen molar-refractivity contribution in [2.75, 3.05) is 6.61 Å². The minimum atomic E-state index is -0.948. The summed E-state index contributed by atoms with van der Waals surface area (Å²) in [6, 6.07) is -0.00815. The highest BCUT2D eigenvalue weighted by molar-refractivity contribution is 5.64. The van der Waals surface area contributed by atoms with Gasteiger partial charge in [-0.25, -0.2) is 4.79 Å². The van der Waals surface area contributed by atoms with Crippen LogP contribution in [0.25, 0.3) is 0 Å². The number of carboxylic acid groups (broad SMARTS) is 1. The van der Waals surface area contributed by atoms with Crippen LogP contribution in [0.2, 0.25) is 0 Å². The molecule has 0 aromatic carbocycles. The number of nitrogens with one attached hydrogen (secondary N) is 1. The van der Waals surface area contributed by atoms with Gasteiger partial charge in [0.2, 0.25) is 0 Å². The van der Waals surface area contributed by atoms with Gasteiger partial charge >= 0.3 is 6.09 Å². The predicted octanol–water partition coefficient (Wildman–Crippen LogP) is 1.60. The molecule has 2 atom stereocenters. The molecule has 0 bridgehead atoms. The third kappa shape index (κ3) is 3.22. The molecule has 0 heterocycles. The van der Waals surface area contributed by atoms with Crippen LogP contribution in [0.3, 0.4) is 0 Å². The van der Waals surface area contributed by atoms with Gasteiger partial charge in [0.1, 0.15) is 0 Å². The molecule has 0 saturated heterocycles. The fourth-order valence-corrected chi connectivity index (χ4v) is 1.83. The Morgan fingerprint density at radius 3 is 2.85 bits per heavy atom. The molecule has 1 rings (SSSR count). The number of amides is 1. The summed E-state index contributed by atoms with van der Waals surface area (Å²) < 4.78 is 5.47. The van der Waals surface area contributed by atoms with Gasteiger partial charge in [-0.1, -0.05) is 12.8 Å². The molecule has 0 aromatic rings. The number of carbonyl (C=O) groups is 1. The van der Waals surface area contributed by atoms with Crippen LogP contribution in [-0.2, 0) is 4.74 Å². The van der Waals surface area contributed by atoms with Crippen LogP contribution in [-0.4, -0.2) is 30.0 Å². The van der Waals surface area contributed by atoms with Gasteiger partial charge in [-0.05, 0) is 19.8 Å². The Morgan fingerprint density at radius 1 is 1.54 bits per heavy atom. The molecule has 2 N–H and O–H groups in total. The van der Waals surface area contributed by atoms with E-state index in [-0.39, 0.29) is 12.1 Å². The first kappa shape index (κ1) is 10.3. The Balaban J connectivity index is 2.41. The van der Waals surface area contributed by atoms with Crippen LogP contribution in [0, 0.1) is 0 Å². The molecule has 0 radical (unpaired) electrons. The Bertz CT molecular complexity index is 170. The summed E-state index contributed by atoms with van der Waals surface area (Å²) >= 11 is 0. The fourth-order valence-electron chi connectivity index (χ4n) is 1.83. The molecule has 1 aliphatic rings. The average Bonchev–Trinajstić information content (AvgIpc) is 2.08. The van der Waals surface area contributed by atoms with Crippen molar-refractivity contribution < 1.29 is 14.6 Å². The van der Waals surface area contributed by atoms with Crippen molar-refractivity contribution in [1.29, 1.82) is 0 Å². The van der Waals surface area contributed by atoms with Crippen molar-refractivity contribution in [3.05, 3.63) is 0 Å². The van der Waals surface area contributed by atoms with E-state index in [9.17, 15) is 4.79 Å². The highest BCUT2D eigenvalue weighted by atomic mass is 16.5. The molecule has 1 saturated carbocycles. The number of hydrogen-bond donors (Lipinski definition) is 2. The maximum atomic E-state index is 10.5. The maximum Gasteiger partial charge on any atom is 0.404 e. The zero-order valence-corrected chi connectivity index (χ0v) is 7.95. The van der Waals surface area contributed by atoms with E-state index in [4.69, 9.17) is 9.84 Å². The van der Waals surface area contributed by atoms with Crippen molar-refractivity contribution in [3.8, 4) is 0 Å².